The van der Waals surface area contributed by atoms with Gasteiger partial charge in [0.05, 0.1) is 11.8 Å². The van der Waals surface area contributed by atoms with E-state index in [1.807, 2.05) is 55.1 Å². The minimum absolute atomic E-state index is 0.213. The molecule has 10 nitrogen and oxygen atoms in total. The third kappa shape index (κ3) is 5.68. The molecule has 1 atom stereocenters. The number of benzene rings is 2. The van der Waals surface area contributed by atoms with Gasteiger partial charge < -0.3 is 25.6 Å². The first-order chi connectivity index (χ1) is 21.9. The van der Waals surface area contributed by atoms with Gasteiger partial charge >= 0.3 is 0 Å². The van der Waals surface area contributed by atoms with Crippen LogP contribution in [0.5, 0.6) is 0 Å². The van der Waals surface area contributed by atoms with Gasteiger partial charge in [-0.05, 0) is 72.4 Å². The minimum atomic E-state index is -0.239. The van der Waals surface area contributed by atoms with E-state index in [0.717, 1.165) is 94.0 Å². The van der Waals surface area contributed by atoms with Crippen molar-refractivity contribution in [1.29, 1.82) is 0 Å². The number of nitrogens with zero attached hydrogens (tertiary/aromatic N) is 5. The Labute approximate surface area is 262 Å². The lowest BCUT2D eigenvalue weighted by molar-refractivity contribution is 0.101. The number of hydrogen-bond acceptors (Lipinski definition) is 8. The molecule has 2 aliphatic rings. The molecule has 2 aromatic carbocycles. The van der Waals surface area contributed by atoms with Crippen molar-refractivity contribution >= 4 is 34.0 Å². The molecule has 0 saturated carbocycles. The molecule has 10 heteroatoms. The fourth-order valence-electron chi connectivity index (χ4n) is 6.59. The summed E-state index contributed by atoms with van der Waals surface area (Å²) in [4.78, 5) is 29.7. The van der Waals surface area contributed by atoms with Crippen molar-refractivity contribution in [2.75, 3.05) is 30.3 Å². The highest BCUT2D eigenvalue weighted by atomic mass is 16.3. The average Bonchev–Trinajstić information content (AvgIpc) is 3.61. The number of amides is 1. The second-order valence-corrected chi connectivity index (χ2v) is 12.1. The molecule has 4 N–H and O–H groups in total. The van der Waals surface area contributed by atoms with Gasteiger partial charge in [0.1, 0.15) is 5.52 Å². The lowest BCUT2D eigenvalue weighted by Gasteiger charge is -2.18. The first kappa shape index (κ1) is 29.1. The lowest BCUT2D eigenvalue weighted by atomic mass is 9.94. The third-order valence-corrected chi connectivity index (χ3v) is 9.10. The summed E-state index contributed by atoms with van der Waals surface area (Å²) in [6, 6.07) is 16.3. The SMILES string of the molecule is Cc1c(NC(=O)c2nc3c(n2C)CCNC3)cccc1-c1cccc(Nc2nccc3cc(CN4CCC(O)C4)cnc23)c1C. The Kier molecular flexibility index (Phi) is 7.78. The van der Waals surface area contributed by atoms with E-state index < -0.39 is 0 Å². The normalized spacial score (nSPS) is 16.6. The summed E-state index contributed by atoms with van der Waals surface area (Å²) >= 11 is 0. The molecule has 1 saturated heterocycles. The average molecular weight is 603 g/mol. The summed E-state index contributed by atoms with van der Waals surface area (Å²) in [5.41, 5.74) is 9.83. The van der Waals surface area contributed by atoms with Crippen LogP contribution < -0.4 is 16.0 Å². The molecule has 45 heavy (non-hydrogen) atoms. The molecule has 2 aliphatic heterocycles. The Hall–Kier alpha value is -4.64. The molecule has 0 spiro atoms. The summed E-state index contributed by atoms with van der Waals surface area (Å²) in [6.45, 7) is 8.08. The topological polar surface area (TPSA) is 120 Å². The highest BCUT2D eigenvalue weighted by Gasteiger charge is 2.23. The van der Waals surface area contributed by atoms with E-state index in [9.17, 15) is 9.90 Å². The Balaban J connectivity index is 1.13. The molecule has 5 aromatic rings. The Morgan fingerprint density at radius 3 is 2.60 bits per heavy atom. The molecule has 7 rings (SSSR count). The smallest absolute Gasteiger partial charge is 0.291 e. The van der Waals surface area contributed by atoms with Gasteiger partial charge in [0, 0.05) is 81.0 Å². The summed E-state index contributed by atoms with van der Waals surface area (Å²) in [6.07, 6.45) is 5.15. The molecule has 0 aliphatic carbocycles. The van der Waals surface area contributed by atoms with Crippen LogP contribution >= 0.6 is 0 Å². The Bertz CT molecular complexity index is 1920. The zero-order valence-corrected chi connectivity index (χ0v) is 25.9. The van der Waals surface area contributed by atoms with Crippen molar-refractivity contribution < 1.29 is 9.90 Å². The van der Waals surface area contributed by atoms with Crippen LogP contribution in [-0.4, -0.2) is 61.2 Å². The second kappa shape index (κ2) is 12.0. The summed E-state index contributed by atoms with van der Waals surface area (Å²) in [7, 11) is 1.91. The van der Waals surface area contributed by atoms with Crippen molar-refractivity contribution in [3.05, 3.63) is 94.8 Å². The third-order valence-electron chi connectivity index (χ3n) is 9.10. The van der Waals surface area contributed by atoms with E-state index in [0.29, 0.717) is 24.7 Å². The molecule has 1 unspecified atom stereocenters. The van der Waals surface area contributed by atoms with Crippen LogP contribution in [0.1, 0.15) is 45.1 Å². The largest absolute Gasteiger partial charge is 0.392 e. The number of likely N-dealkylation sites (tertiary alicyclic amines) is 1. The number of hydrogen-bond donors (Lipinski definition) is 4. The van der Waals surface area contributed by atoms with Gasteiger partial charge in [0.15, 0.2) is 11.6 Å². The molecule has 1 fully saturated rings. The van der Waals surface area contributed by atoms with Gasteiger partial charge in [-0.1, -0.05) is 24.3 Å². The van der Waals surface area contributed by atoms with Crippen molar-refractivity contribution in [1.82, 2.24) is 29.7 Å². The highest BCUT2D eigenvalue weighted by molar-refractivity contribution is 6.03. The van der Waals surface area contributed by atoms with E-state index in [1.165, 1.54) is 0 Å². The van der Waals surface area contributed by atoms with Crippen LogP contribution in [0.3, 0.4) is 0 Å². The first-order valence-electron chi connectivity index (χ1n) is 15.5. The van der Waals surface area contributed by atoms with Crippen LogP contribution in [0, 0.1) is 13.8 Å². The van der Waals surface area contributed by atoms with Crippen molar-refractivity contribution in [3.63, 3.8) is 0 Å². The molecular formula is C35H38N8O2. The quantitative estimate of drug-likeness (QED) is 0.209. The van der Waals surface area contributed by atoms with Crippen LogP contribution in [0.25, 0.3) is 22.0 Å². The Morgan fingerprint density at radius 2 is 1.84 bits per heavy atom. The number of anilines is 3. The standard InChI is InChI=1S/C35H38N8O2/c1-21-26(27-7-5-9-29(22(27)2)41-35(45)34-40-30-18-36-13-11-31(30)42(34)3)6-4-8-28(21)39-33-32-24(10-14-37-33)16-23(17-38-32)19-43-15-12-25(44)20-43/h4-10,14,16-17,25,36,44H,11-13,15,18-20H2,1-3H3,(H,37,39)(H,41,45). The number of aliphatic hydroxyl groups excluding tert-OH is 1. The van der Waals surface area contributed by atoms with Crippen molar-refractivity contribution in [3.8, 4) is 11.1 Å². The molecule has 0 bridgehead atoms. The number of aromatic nitrogens is 4. The molecular weight excluding hydrogens is 564 g/mol. The number of imidazole rings is 1. The maximum absolute atomic E-state index is 13.4. The van der Waals surface area contributed by atoms with E-state index in [4.69, 9.17) is 4.98 Å². The Morgan fingerprint density at radius 1 is 1.07 bits per heavy atom. The van der Waals surface area contributed by atoms with E-state index in [2.05, 4.69) is 55.9 Å². The number of fused-ring (bicyclic) bond motifs is 2. The molecule has 0 radical (unpaired) electrons. The monoisotopic (exact) mass is 602 g/mol. The number of nitrogens with one attached hydrogen (secondary N) is 3. The maximum atomic E-state index is 13.4. The zero-order chi connectivity index (χ0) is 31.1. The molecule has 230 valence electrons. The van der Waals surface area contributed by atoms with Gasteiger partial charge in [0.25, 0.3) is 5.91 Å². The number of β-amino-alcohol motifs (C(OH)–C–C–N with tert-alkyl or cyclic N) is 1. The fraction of sp³-hybridized carbons (Fsp3) is 0.314. The number of carbonyl (C=O) groups is 1. The zero-order valence-electron chi connectivity index (χ0n) is 25.9. The predicted octanol–water partition coefficient (Wildman–Crippen LogP) is 4.86. The highest BCUT2D eigenvalue weighted by Crippen LogP contribution is 2.35. The predicted molar refractivity (Wildman–Crippen MR) is 177 cm³/mol. The van der Waals surface area contributed by atoms with Crippen LogP contribution in [-0.2, 0) is 26.6 Å². The van der Waals surface area contributed by atoms with Gasteiger partial charge in [-0.2, -0.15) is 0 Å². The van der Waals surface area contributed by atoms with Gasteiger partial charge in [-0.3, -0.25) is 14.7 Å². The maximum Gasteiger partial charge on any atom is 0.291 e. The number of rotatable bonds is 7. The summed E-state index contributed by atoms with van der Waals surface area (Å²) in [5, 5.41) is 20.9. The number of aliphatic hydroxyl groups is 1. The number of carbonyl (C=O) groups excluding carboxylic acids is 1. The fourth-order valence-corrected chi connectivity index (χ4v) is 6.59. The molecule has 1 amide bonds. The lowest BCUT2D eigenvalue weighted by Crippen LogP contribution is -2.24. The minimum Gasteiger partial charge on any atom is -0.392 e. The first-order valence-corrected chi connectivity index (χ1v) is 15.5. The van der Waals surface area contributed by atoms with Crippen LogP contribution in [0.15, 0.2) is 60.9 Å². The molecule has 5 heterocycles. The van der Waals surface area contributed by atoms with E-state index >= 15 is 0 Å². The second-order valence-electron chi connectivity index (χ2n) is 12.1. The van der Waals surface area contributed by atoms with Gasteiger partial charge in [-0.15, -0.1) is 0 Å². The van der Waals surface area contributed by atoms with Crippen LogP contribution in [0.4, 0.5) is 17.2 Å². The van der Waals surface area contributed by atoms with Crippen LogP contribution in [0.2, 0.25) is 0 Å². The van der Waals surface area contributed by atoms with E-state index in [-0.39, 0.29) is 12.0 Å². The number of pyridine rings is 2. The van der Waals surface area contributed by atoms with Gasteiger partial charge in [-0.25, -0.2) is 9.97 Å². The van der Waals surface area contributed by atoms with Crippen molar-refractivity contribution in [2.24, 2.45) is 7.05 Å². The molecule has 3 aromatic heterocycles. The summed E-state index contributed by atoms with van der Waals surface area (Å²) in [5.74, 6) is 0.908. The van der Waals surface area contributed by atoms with Crippen molar-refractivity contribution in [2.45, 2.75) is 45.9 Å². The van der Waals surface area contributed by atoms with E-state index in [1.54, 1.807) is 6.20 Å². The summed E-state index contributed by atoms with van der Waals surface area (Å²) < 4.78 is 1.92. The van der Waals surface area contributed by atoms with Gasteiger partial charge in [0.2, 0.25) is 0 Å².